The summed E-state index contributed by atoms with van der Waals surface area (Å²) in [5, 5.41) is 0. The van der Waals surface area contributed by atoms with Crippen LogP contribution in [0.4, 0.5) is 0 Å². The number of hydrogen-bond acceptors (Lipinski definition) is 2. The standard InChI is InChI=1S/C12H16ClNO/c1-9(11(7-13)8-14)10-4-3-5-12(6-10)15-2/h3-7,9H,8,14H2,1-2H3. The second-order valence-electron chi connectivity index (χ2n) is 3.39. The van der Waals surface area contributed by atoms with E-state index in [2.05, 4.69) is 6.92 Å². The molecule has 0 radical (unpaired) electrons. The van der Waals surface area contributed by atoms with Crippen LogP contribution in [0.2, 0.25) is 0 Å². The highest BCUT2D eigenvalue weighted by atomic mass is 35.5. The highest BCUT2D eigenvalue weighted by Gasteiger charge is 2.10. The van der Waals surface area contributed by atoms with Crippen LogP contribution < -0.4 is 10.5 Å². The van der Waals surface area contributed by atoms with E-state index in [1.54, 1.807) is 12.6 Å². The number of rotatable bonds is 4. The minimum absolute atomic E-state index is 0.225. The molecule has 0 aliphatic heterocycles. The summed E-state index contributed by atoms with van der Waals surface area (Å²) in [6.45, 7) is 2.55. The molecule has 1 atom stereocenters. The van der Waals surface area contributed by atoms with Crippen LogP contribution >= 0.6 is 11.6 Å². The van der Waals surface area contributed by atoms with E-state index in [1.165, 1.54) is 0 Å². The van der Waals surface area contributed by atoms with Crippen molar-refractivity contribution in [3.63, 3.8) is 0 Å². The zero-order valence-electron chi connectivity index (χ0n) is 9.03. The van der Waals surface area contributed by atoms with Gasteiger partial charge in [0.2, 0.25) is 0 Å². The number of hydrogen-bond donors (Lipinski definition) is 1. The third-order valence-electron chi connectivity index (χ3n) is 2.53. The van der Waals surface area contributed by atoms with Gasteiger partial charge >= 0.3 is 0 Å². The molecule has 0 amide bonds. The maximum Gasteiger partial charge on any atom is 0.119 e. The lowest BCUT2D eigenvalue weighted by atomic mass is 9.94. The molecule has 0 aliphatic rings. The molecule has 0 heterocycles. The largest absolute Gasteiger partial charge is 0.497 e. The Morgan fingerprint density at radius 1 is 1.60 bits per heavy atom. The van der Waals surface area contributed by atoms with E-state index in [1.807, 2.05) is 24.3 Å². The van der Waals surface area contributed by atoms with Crippen LogP contribution in [0.1, 0.15) is 18.4 Å². The Labute approximate surface area is 95.7 Å². The maximum atomic E-state index is 5.71. The van der Waals surface area contributed by atoms with E-state index in [-0.39, 0.29) is 5.92 Å². The molecule has 1 rings (SSSR count). The fourth-order valence-corrected chi connectivity index (χ4v) is 1.72. The molecule has 82 valence electrons. The van der Waals surface area contributed by atoms with E-state index >= 15 is 0 Å². The van der Waals surface area contributed by atoms with Gasteiger partial charge in [-0.3, -0.25) is 0 Å². The Hall–Kier alpha value is -0.990. The first-order chi connectivity index (χ1) is 7.22. The lowest BCUT2D eigenvalue weighted by Gasteiger charge is -2.14. The summed E-state index contributed by atoms with van der Waals surface area (Å²) in [5.74, 6) is 1.08. The number of benzene rings is 1. The van der Waals surface area contributed by atoms with Crippen molar-refractivity contribution in [1.82, 2.24) is 0 Å². The average molecular weight is 226 g/mol. The van der Waals surface area contributed by atoms with Crippen LogP contribution in [0.5, 0.6) is 5.75 Å². The number of halogens is 1. The summed E-state index contributed by atoms with van der Waals surface area (Å²) in [7, 11) is 1.66. The monoisotopic (exact) mass is 225 g/mol. The maximum absolute atomic E-state index is 5.71. The van der Waals surface area contributed by atoms with Gasteiger partial charge in [0.05, 0.1) is 7.11 Å². The summed E-state index contributed by atoms with van der Waals surface area (Å²) >= 11 is 5.71. The van der Waals surface area contributed by atoms with Gasteiger partial charge in [-0.2, -0.15) is 0 Å². The summed E-state index contributed by atoms with van der Waals surface area (Å²) in [4.78, 5) is 0. The topological polar surface area (TPSA) is 35.2 Å². The summed E-state index contributed by atoms with van der Waals surface area (Å²) < 4.78 is 5.17. The van der Waals surface area contributed by atoms with Gasteiger partial charge in [0, 0.05) is 18.0 Å². The van der Waals surface area contributed by atoms with Crippen LogP contribution in [-0.2, 0) is 0 Å². The fourth-order valence-electron chi connectivity index (χ4n) is 1.44. The van der Waals surface area contributed by atoms with Crippen molar-refractivity contribution in [2.75, 3.05) is 13.7 Å². The average Bonchev–Trinajstić information content (AvgIpc) is 2.30. The predicted octanol–water partition coefficient (Wildman–Crippen LogP) is 2.88. The van der Waals surface area contributed by atoms with Crippen LogP contribution in [-0.4, -0.2) is 13.7 Å². The van der Waals surface area contributed by atoms with Crippen molar-refractivity contribution in [1.29, 1.82) is 0 Å². The van der Waals surface area contributed by atoms with Crippen LogP contribution in [0.3, 0.4) is 0 Å². The van der Waals surface area contributed by atoms with Crippen molar-refractivity contribution < 1.29 is 4.74 Å². The zero-order chi connectivity index (χ0) is 11.3. The van der Waals surface area contributed by atoms with Gasteiger partial charge in [0.25, 0.3) is 0 Å². The van der Waals surface area contributed by atoms with Gasteiger partial charge in [-0.05, 0) is 23.3 Å². The lowest BCUT2D eigenvalue weighted by Crippen LogP contribution is -2.09. The SMILES string of the molecule is COc1cccc(C(C)C(=CCl)CN)c1. The minimum atomic E-state index is 0.225. The predicted molar refractivity (Wildman–Crippen MR) is 64.4 cm³/mol. The molecule has 1 aromatic rings. The molecule has 1 unspecified atom stereocenters. The normalized spacial score (nSPS) is 13.7. The Morgan fingerprint density at radius 2 is 2.33 bits per heavy atom. The molecule has 15 heavy (non-hydrogen) atoms. The molecule has 0 fully saturated rings. The molecule has 2 N–H and O–H groups in total. The van der Waals surface area contributed by atoms with Gasteiger partial charge in [-0.15, -0.1) is 0 Å². The summed E-state index contributed by atoms with van der Waals surface area (Å²) in [6, 6.07) is 7.93. The molecular weight excluding hydrogens is 210 g/mol. The van der Waals surface area contributed by atoms with E-state index < -0.39 is 0 Å². The first-order valence-corrected chi connectivity index (χ1v) is 5.29. The molecule has 3 heteroatoms. The summed E-state index contributed by atoms with van der Waals surface area (Å²) in [5.41, 5.74) is 9.35. The lowest BCUT2D eigenvalue weighted by molar-refractivity contribution is 0.414. The molecule has 0 aromatic heterocycles. The van der Waals surface area contributed by atoms with E-state index in [4.69, 9.17) is 22.1 Å². The van der Waals surface area contributed by atoms with Crippen LogP contribution in [0.15, 0.2) is 35.4 Å². The fraction of sp³-hybridized carbons (Fsp3) is 0.333. The van der Waals surface area contributed by atoms with E-state index in [9.17, 15) is 0 Å². The molecule has 2 nitrogen and oxygen atoms in total. The van der Waals surface area contributed by atoms with E-state index in [0.29, 0.717) is 6.54 Å². The Kier molecular flexibility index (Phi) is 4.66. The highest BCUT2D eigenvalue weighted by Crippen LogP contribution is 2.26. The Bertz CT molecular complexity index is 349. The highest BCUT2D eigenvalue weighted by molar-refractivity contribution is 6.25. The molecule has 0 spiro atoms. The first kappa shape index (κ1) is 12.1. The van der Waals surface area contributed by atoms with Crippen molar-refractivity contribution in [2.45, 2.75) is 12.8 Å². The van der Waals surface area contributed by atoms with E-state index in [0.717, 1.165) is 16.9 Å². The Morgan fingerprint density at radius 3 is 2.87 bits per heavy atom. The Balaban J connectivity index is 2.95. The van der Waals surface area contributed by atoms with Crippen LogP contribution in [0, 0.1) is 0 Å². The van der Waals surface area contributed by atoms with Gasteiger partial charge in [0.1, 0.15) is 5.75 Å². The summed E-state index contributed by atoms with van der Waals surface area (Å²) in [6.07, 6.45) is 0. The molecule has 0 saturated heterocycles. The molecule has 0 bridgehead atoms. The third-order valence-corrected chi connectivity index (χ3v) is 2.81. The van der Waals surface area contributed by atoms with Gasteiger partial charge in [-0.1, -0.05) is 30.7 Å². The van der Waals surface area contributed by atoms with Crippen molar-refractivity contribution in [2.24, 2.45) is 5.73 Å². The van der Waals surface area contributed by atoms with Crippen molar-refractivity contribution in [3.05, 3.63) is 40.9 Å². The second kappa shape index (κ2) is 5.79. The van der Waals surface area contributed by atoms with Crippen LogP contribution in [0.25, 0.3) is 0 Å². The first-order valence-electron chi connectivity index (χ1n) is 4.86. The van der Waals surface area contributed by atoms with Crippen molar-refractivity contribution in [3.8, 4) is 5.75 Å². The number of methoxy groups -OCH3 is 1. The number of nitrogens with two attached hydrogens (primary N) is 1. The zero-order valence-corrected chi connectivity index (χ0v) is 9.79. The minimum Gasteiger partial charge on any atom is -0.497 e. The quantitative estimate of drug-likeness (QED) is 0.855. The van der Waals surface area contributed by atoms with Gasteiger partial charge in [-0.25, -0.2) is 0 Å². The number of ether oxygens (including phenoxy) is 1. The van der Waals surface area contributed by atoms with Gasteiger partial charge < -0.3 is 10.5 Å². The molecular formula is C12H16ClNO. The molecule has 0 aliphatic carbocycles. The van der Waals surface area contributed by atoms with Gasteiger partial charge in [0.15, 0.2) is 0 Å². The smallest absolute Gasteiger partial charge is 0.119 e. The molecule has 0 saturated carbocycles. The third kappa shape index (κ3) is 2.98. The van der Waals surface area contributed by atoms with Crippen molar-refractivity contribution >= 4 is 11.6 Å². The second-order valence-corrected chi connectivity index (χ2v) is 3.60. The molecule has 1 aromatic carbocycles.